The van der Waals surface area contributed by atoms with Crippen molar-refractivity contribution in [3.05, 3.63) is 35.1 Å². The van der Waals surface area contributed by atoms with Gasteiger partial charge in [0.2, 0.25) is 0 Å². The first-order chi connectivity index (χ1) is 8.80. The zero-order valence-corrected chi connectivity index (χ0v) is 10.7. The molecular weight excluding hydrogens is 258 g/mol. The average molecular weight is 275 g/mol. The lowest BCUT2D eigenvalue weighted by Gasteiger charge is -2.24. The topological polar surface area (TPSA) is 26.0 Å². The van der Waals surface area contributed by atoms with E-state index in [9.17, 15) is 17.6 Å². The van der Waals surface area contributed by atoms with Gasteiger partial charge in [-0.25, -0.2) is 4.39 Å². The molecule has 3 unspecified atom stereocenters. The summed E-state index contributed by atoms with van der Waals surface area (Å²) >= 11 is 0. The van der Waals surface area contributed by atoms with E-state index in [0.29, 0.717) is 11.5 Å². The van der Waals surface area contributed by atoms with Crippen molar-refractivity contribution >= 4 is 0 Å². The SMILES string of the molecule is CC1CCCC1C(N)c1ccc(F)c(C(F)(F)F)c1. The highest BCUT2D eigenvalue weighted by Gasteiger charge is 2.36. The molecule has 1 aliphatic carbocycles. The quantitative estimate of drug-likeness (QED) is 0.801. The lowest BCUT2D eigenvalue weighted by molar-refractivity contribution is -0.140. The maximum atomic E-state index is 13.2. The van der Waals surface area contributed by atoms with Crippen LogP contribution < -0.4 is 5.73 Å². The Kier molecular flexibility index (Phi) is 3.85. The van der Waals surface area contributed by atoms with Gasteiger partial charge in [-0.15, -0.1) is 0 Å². The predicted octanol–water partition coefficient (Wildman–Crippen LogP) is 4.28. The Morgan fingerprint density at radius 2 is 1.95 bits per heavy atom. The number of rotatable bonds is 2. The summed E-state index contributed by atoms with van der Waals surface area (Å²) in [7, 11) is 0. The molecule has 0 heterocycles. The molecule has 1 aromatic carbocycles. The van der Waals surface area contributed by atoms with Crippen molar-refractivity contribution < 1.29 is 17.6 Å². The fourth-order valence-electron chi connectivity index (χ4n) is 2.92. The summed E-state index contributed by atoms with van der Waals surface area (Å²) in [6.45, 7) is 2.06. The van der Waals surface area contributed by atoms with Gasteiger partial charge in [0.05, 0.1) is 5.56 Å². The smallest absolute Gasteiger partial charge is 0.324 e. The Morgan fingerprint density at radius 1 is 1.26 bits per heavy atom. The monoisotopic (exact) mass is 275 g/mol. The summed E-state index contributed by atoms with van der Waals surface area (Å²) in [4.78, 5) is 0. The molecule has 2 N–H and O–H groups in total. The van der Waals surface area contributed by atoms with Gasteiger partial charge in [-0.2, -0.15) is 13.2 Å². The van der Waals surface area contributed by atoms with Crippen LogP contribution in [0.3, 0.4) is 0 Å². The molecule has 3 atom stereocenters. The van der Waals surface area contributed by atoms with E-state index in [1.54, 1.807) is 0 Å². The lowest BCUT2D eigenvalue weighted by atomic mass is 9.86. The van der Waals surface area contributed by atoms with Crippen LogP contribution in [0.1, 0.15) is 43.4 Å². The van der Waals surface area contributed by atoms with E-state index in [4.69, 9.17) is 5.73 Å². The third kappa shape index (κ3) is 2.91. The summed E-state index contributed by atoms with van der Waals surface area (Å²) in [5, 5.41) is 0. The van der Waals surface area contributed by atoms with E-state index >= 15 is 0 Å². The number of halogens is 4. The molecule has 0 spiro atoms. The maximum absolute atomic E-state index is 13.2. The fraction of sp³-hybridized carbons (Fsp3) is 0.571. The first kappa shape index (κ1) is 14.3. The third-order valence-corrected chi connectivity index (χ3v) is 4.07. The van der Waals surface area contributed by atoms with Gasteiger partial charge >= 0.3 is 6.18 Å². The summed E-state index contributed by atoms with van der Waals surface area (Å²) in [6, 6.07) is 2.61. The largest absolute Gasteiger partial charge is 0.419 e. The van der Waals surface area contributed by atoms with Gasteiger partial charge in [0.15, 0.2) is 0 Å². The van der Waals surface area contributed by atoms with E-state index in [1.807, 2.05) is 0 Å². The van der Waals surface area contributed by atoms with Gasteiger partial charge in [-0.3, -0.25) is 0 Å². The second kappa shape index (κ2) is 5.12. The van der Waals surface area contributed by atoms with Gasteiger partial charge in [0.25, 0.3) is 0 Å². The van der Waals surface area contributed by atoms with E-state index in [2.05, 4.69) is 6.92 Å². The maximum Gasteiger partial charge on any atom is 0.419 e. The second-order valence-electron chi connectivity index (χ2n) is 5.33. The van der Waals surface area contributed by atoms with Crippen molar-refractivity contribution in [2.45, 2.75) is 38.4 Å². The normalized spacial score (nSPS) is 25.6. The van der Waals surface area contributed by atoms with Crippen LogP contribution in [0.25, 0.3) is 0 Å². The van der Waals surface area contributed by atoms with Crippen LogP contribution in [0.2, 0.25) is 0 Å². The Bertz CT molecular complexity index is 455. The minimum absolute atomic E-state index is 0.173. The van der Waals surface area contributed by atoms with Crippen LogP contribution in [0, 0.1) is 17.7 Å². The highest BCUT2D eigenvalue weighted by Crippen LogP contribution is 2.40. The van der Waals surface area contributed by atoms with Gasteiger partial charge in [-0.05, 0) is 36.0 Å². The third-order valence-electron chi connectivity index (χ3n) is 4.07. The molecule has 0 amide bonds. The summed E-state index contributed by atoms with van der Waals surface area (Å²) in [5.41, 5.74) is 5.20. The van der Waals surface area contributed by atoms with Crippen molar-refractivity contribution in [2.24, 2.45) is 17.6 Å². The number of benzene rings is 1. The molecule has 1 aromatic rings. The standard InChI is InChI=1S/C14H17F4N/c1-8-3-2-4-10(8)13(19)9-5-6-12(15)11(7-9)14(16,17)18/h5-8,10,13H,2-4,19H2,1H3. The van der Waals surface area contributed by atoms with E-state index < -0.39 is 23.6 Å². The second-order valence-corrected chi connectivity index (χ2v) is 5.33. The van der Waals surface area contributed by atoms with E-state index in [0.717, 1.165) is 31.4 Å². The van der Waals surface area contributed by atoms with E-state index in [1.165, 1.54) is 6.07 Å². The highest BCUT2D eigenvalue weighted by molar-refractivity contribution is 5.30. The molecule has 0 radical (unpaired) electrons. The predicted molar refractivity (Wildman–Crippen MR) is 64.8 cm³/mol. The number of alkyl halides is 3. The zero-order chi connectivity index (χ0) is 14.2. The lowest BCUT2D eigenvalue weighted by Crippen LogP contribution is -2.24. The van der Waals surface area contributed by atoms with E-state index in [-0.39, 0.29) is 5.92 Å². The molecule has 0 saturated heterocycles. The van der Waals surface area contributed by atoms with Crippen LogP contribution in [0.15, 0.2) is 18.2 Å². The zero-order valence-electron chi connectivity index (χ0n) is 10.7. The van der Waals surface area contributed by atoms with Crippen LogP contribution in [0.5, 0.6) is 0 Å². The highest BCUT2D eigenvalue weighted by atomic mass is 19.4. The number of hydrogen-bond donors (Lipinski definition) is 1. The molecule has 2 rings (SSSR count). The summed E-state index contributed by atoms with van der Waals surface area (Å²) in [5.74, 6) is -0.677. The molecule has 19 heavy (non-hydrogen) atoms. The molecule has 1 aliphatic rings. The molecular formula is C14H17F4N. The molecule has 106 valence electrons. The number of hydrogen-bond acceptors (Lipinski definition) is 1. The van der Waals surface area contributed by atoms with Crippen LogP contribution in [-0.2, 0) is 6.18 Å². The van der Waals surface area contributed by atoms with Crippen molar-refractivity contribution in [1.29, 1.82) is 0 Å². The van der Waals surface area contributed by atoms with Crippen molar-refractivity contribution in [1.82, 2.24) is 0 Å². The Morgan fingerprint density at radius 3 is 2.47 bits per heavy atom. The Labute approximate surface area is 109 Å². The minimum atomic E-state index is -4.68. The van der Waals surface area contributed by atoms with Gasteiger partial charge in [0, 0.05) is 6.04 Å². The summed E-state index contributed by atoms with van der Waals surface area (Å²) < 4.78 is 51.2. The molecule has 1 saturated carbocycles. The molecule has 0 aliphatic heterocycles. The fourth-order valence-corrected chi connectivity index (χ4v) is 2.92. The van der Waals surface area contributed by atoms with Crippen molar-refractivity contribution in [2.75, 3.05) is 0 Å². The van der Waals surface area contributed by atoms with Crippen LogP contribution in [0.4, 0.5) is 17.6 Å². The van der Waals surface area contributed by atoms with Crippen LogP contribution >= 0.6 is 0 Å². The molecule has 1 nitrogen and oxygen atoms in total. The first-order valence-electron chi connectivity index (χ1n) is 6.43. The van der Waals surface area contributed by atoms with Gasteiger partial charge in [0.1, 0.15) is 5.82 Å². The van der Waals surface area contributed by atoms with Gasteiger partial charge in [-0.1, -0.05) is 25.8 Å². The Balaban J connectivity index is 2.30. The van der Waals surface area contributed by atoms with Crippen molar-refractivity contribution in [3.8, 4) is 0 Å². The molecule has 5 heteroatoms. The molecule has 0 bridgehead atoms. The summed E-state index contributed by atoms with van der Waals surface area (Å²) in [6.07, 6.45) is -1.67. The first-order valence-corrected chi connectivity index (χ1v) is 6.43. The molecule has 1 fully saturated rings. The molecule has 0 aromatic heterocycles. The van der Waals surface area contributed by atoms with Crippen molar-refractivity contribution in [3.63, 3.8) is 0 Å². The Hall–Kier alpha value is -1.10. The average Bonchev–Trinajstić information content (AvgIpc) is 2.73. The number of nitrogens with two attached hydrogens (primary N) is 1. The minimum Gasteiger partial charge on any atom is -0.324 e. The van der Waals surface area contributed by atoms with Gasteiger partial charge < -0.3 is 5.73 Å². The van der Waals surface area contributed by atoms with Crippen LogP contribution in [-0.4, -0.2) is 0 Å².